The van der Waals surface area contributed by atoms with Crippen LogP contribution in [-0.4, -0.2) is 71.2 Å². The van der Waals surface area contributed by atoms with E-state index in [2.05, 4.69) is 31.7 Å². The molecule has 1 N–H and O–H groups in total. The van der Waals surface area contributed by atoms with E-state index in [1.165, 1.54) is 12.5 Å². The van der Waals surface area contributed by atoms with Crippen molar-refractivity contribution in [3.05, 3.63) is 28.3 Å². The van der Waals surface area contributed by atoms with E-state index in [0.717, 1.165) is 69.3 Å². The average molecular weight is 369 g/mol. The molecule has 27 heavy (non-hydrogen) atoms. The lowest BCUT2D eigenvalue weighted by Crippen LogP contribution is -2.45. The summed E-state index contributed by atoms with van der Waals surface area (Å²) in [4.78, 5) is 35.7. The number of aromatic amines is 1. The average Bonchev–Trinajstić information content (AvgIpc) is 2.68. The van der Waals surface area contributed by atoms with Gasteiger partial charge in [-0.05, 0) is 33.2 Å². The van der Waals surface area contributed by atoms with E-state index < -0.39 is 0 Å². The zero-order valence-electron chi connectivity index (χ0n) is 16.1. The van der Waals surface area contributed by atoms with E-state index in [1.54, 1.807) is 6.20 Å². The highest BCUT2D eigenvalue weighted by atomic mass is 16.1. The van der Waals surface area contributed by atoms with Crippen LogP contribution in [0, 0.1) is 6.92 Å². The number of nitrogens with one attached hydrogen (secondary N) is 1. The Balaban J connectivity index is 1.61. The predicted molar refractivity (Wildman–Crippen MR) is 106 cm³/mol. The molecule has 2 aromatic heterocycles. The topological polar surface area (TPSA) is 81.2 Å². The van der Waals surface area contributed by atoms with E-state index in [4.69, 9.17) is 9.97 Å². The first kappa shape index (κ1) is 17.9. The second-order valence-electron chi connectivity index (χ2n) is 7.46. The van der Waals surface area contributed by atoms with Gasteiger partial charge in [0.1, 0.15) is 0 Å². The first-order chi connectivity index (χ1) is 13.1. The third-order valence-corrected chi connectivity index (χ3v) is 5.41. The van der Waals surface area contributed by atoms with E-state index >= 15 is 0 Å². The largest absolute Gasteiger partial charge is 0.342 e. The van der Waals surface area contributed by atoms with Crippen LogP contribution in [0.1, 0.15) is 25.0 Å². The summed E-state index contributed by atoms with van der Waals surface area (Å²) in [5.74, 6) is 1.41. The smallest absolute Gasteiger partial charge is 0.252 e. The van der Waals surface area contributed by atoms with Gasteiger partial charge in [-0.3, -0.25) is 9.78 Å². The molecule has 2 aliphatic heterocycles. The Morgan fingerprint density at radius 3 is 2.41 bits per heavy atom. The Kier molecular flexibility index (Phi) is 5.07. The fourth-order valence-corrected chi connectivity index (χ4v) is 3.70. The number of aryl methyl sites for hydroxylation is 1. The van der Waals surface area contributed by atoms with Gasteiger partial charge in [0.15, 0.2) is 0 Å². The van der Waals surface area contributed by atoms with Crippen molar-refractivity contribution in [2.75, 3.05) is 56.1 Å². The van der Waals surface area contributed by atoms with Crippen molar-refractivity contribution < 1.29 is 0 Å². The minimum absolute atomic E-state index is 0.136. The zero-order chi connectivity index (χ0) is 18.8. The molecule has 0 radical (unpaired) electrons. The van der Waals surface area contributed by atoms with Crippen molar-refractivity contribution in [1.29, 1.82) is 0 Å². The molecule has 0 unspecified atom stereocenters. The van der Waals surface area contributed by atoms with Crippen LogP contribution in [0.2, 0.25) is 0 Å². The second-order valence-corrected chi connectivity index (χ2v) is 7.46. The molecule has 2 fully saturated rings. The summed E-state index contributed by atoms with van der Waals surface area (Å²) in [6, 6.07) is 1.54. The summed E-state index contributed by atoms with van der Waals surface area (Å²) in [7, 11) is 2.13. The van der Waals surface area contributed by atoms with E-state index in [0.29, 0.717) is 11.6 Å². The maximum atomic E-state index is 12.2. The Bertz CT molecular complexity index is 851. The number of piperazine rings is 1. The Labute approximate surface area is 159 Å². The van der Waals surface area contributed by atoms with Crippen molar-refractivity contribution in [2.45, 2.75) is 26.2 Å². The van der Waals surface area contributed by atoms with Gasteiger partial charge in [0.2, 0.25) is 11.9 Å². The van der Waals surface area contributed by atoms with Crippen molar-refractivity contribution in [1.82, 2.24) is 24.8 Å². The lowest BCUT2D eigenvalue weighted by atomic mass is 10.1. The maximum absolute atomic E-state index is 12.2. The lowest BCUT2D eigenvalue weighted by Gasteiger charge is -2.32. The Morgan fingerprint density at radius 2 is 1.70 bits per heavy atom. The minimum Gasteiger partial charge on any atom is -0.342 e. The Hall–Kier alpha value is -2.48. The molecular formula is C19H27N7O. The molecule has 0 bridgehead atoms. The number of nitrogens with zero attached hydrogens (tertiary/aromatic N) is 6. The molecule has 0 saturated carbocycles. The lowest BCUT2D eigenvalue weighted by molar-refractivity contribution is 0.311. The summed E-state index contributed by atoms with van der Waals surface area (Å²) in [6.45, 7) is 7.71. The normalized spacial score (nSPS) is 18.7. The molecule has 144 valence electrons. The van der Waals surface area contributed by atoms with Crippen LogP contribution in [0.3, 0.4) is 0 Å². The van der Waals surface area contributed by atoms with Crippen molar-refractivity contribution >= 4 is 11.9 Å². The molecule has 0 atom stereocenters. The van der Waals surface area contributed by atoms with Crippen LogP contribution in [-0.2, 0) is 0 Å². The van der Waals surface area contributed by atoms with Gasteiger partial charge in [-0.25, -0.2) is 15.0 Å². The summed E-state index contributed by atoms with van der Waals surface area (Å²) < 4.78 is 0. The first-order valence-electron chi connectivity index (χ1n) is 9.74. The summed E-state index contributed by atoms with van der Waals surface area (Å²) in [6.07, 6.45) is 5.31. The third-order valence-electron chi connectivity index (χ3n) is 5.41. The quantitative estimate of drug-likeness (QED) is 0.873. The summed E-state index contributed by atoms with van der Waals surface area (Å²) in [5, 5.41) is 0. The predicted octanol–water partition coefficient (Wildman–Crippen LogP) is 1.28. The molecule has 0 aliphatic carbocycles. The van der Waals surface area contributed by atoms with Crippen LogP contribution in [0.15, 0.2) is 17.1 Å². The highest BCUT2D eigenvalue weighted by Gasteiger charge is 2.19. The molecule has 4 rings (SSSR count). The van der Waals surface area contributed by atoms with Gasteiger partial charge < -0.3 is 14.7 Å². The van der Waals surface area contributed by atoms with E-state index in [-0.39, 0.29) is 5.56 Å². The fourth-order valence-electron chi connectivity index (χ4n) is 3.70. The molecule has 8 nitrogen and oxygen atoms in total. The van der Waals surface area contributed by atoms with Crippen molar-refractivity contribution in [3.63, 3.8) is 0 Å². The zero-order valence-corrected chi connectivity index (χ0v) is 16.1. The van der Waals surface area contributed by atoms with Crippen LogP contribution < -0.4 is 15.4 Å². The van der Waals surface area contributed by atoms with Gasteiger partial charge in [-0.15, -0.1) is 0 Å². The molecule has 4 heterocycles. The SMILES string of the molecule is Cc1nc(N2CCN(C)CC2)ncc1-c1cc(=O)[nH]c(N2CCCCC2)n1. The maximum Gasteiger partial charge on any atom is 0.252 e. The number of rotatable bonds is 3. The summed E-state index contributed by atoms with van der Waals surface area (Å²) >= 11 is 0. The molecular weight excluding hydrogens is 342 g/mol. The van der Waals surface area contributed by atoms with Gasteiger partial charge in [-0.2, -0.15) is 0 Å². The molecule has 0 spiro atoms. The van der Waals surface area contributed by atoms with Crippen LogP contribution >= 0.6 is 0 Å². The van der Waals surface area contributed by atoms with Crippen LogP contribution in [0.25, 0.3) is 11.3 Å². The molecule has 0 aromatic carbocycles. The number of likely N-dealkylation sites (N-methyl/N-ethyl adjacent to an activating group) is 1. The highest BCUT2D eigenvalue weighted by molar-refractivity contribution is 5.62. The molecule has 2 aromatic rings. The first-order valence-corrected chi connectivity index (χ1v) is 9.74. The fraction of sp³-hybridized carbons (Fsp3) is 0.579. The van der Waals surface area contributed by atoms with E-state index in [9.17, 15) is 4.79 Å². The van der Waals surface area contributed by atoms with Crippen molar-refractivity contribution in [3.8, 4) is 11.3 Å². The number of piperidine rings is 1. The molecule has 8 heteroatoms. The minimum atomic E-state index is -0.136. The molecule has 2 aliphatic rings. The monoisotopic (exact) mass is 369 g/mol. The summed E-state index contributed by atoms with van der Waals surface area (Å²) in [5.41, 5.74) is 2.17. The number of hydrogen-bond acceptors (Lipinski definition) is 7. The Morgan fingerprint density at radius 1 is 0.963 bits per heavy atom. The van der Waals surface area contributed by atoms with Gasteiger partial charge in [0.25, 0.3) is 5.56 Å². The number of H-pyrrole nitrogens is 1. The van der Waals surface area contributed by atoms with Gasteiger partial charge >= 0.3 is 0 Å². The number of aromatic nitrogens is 4. The number of anilines is 2. The van der Waals surface area contributed by atoms with Gasteiger partial charge in [-0.1, -0.05) is 0 Å². The number of hydrogen-bond donors (Lipinski definition) is 1. The molecule has 2 saturated heterocycles. The standard InChI is InChI=1S/C19H27N7O/c1-14-15(13-20-18(21-14)26-10-8-24(2)9-11-26)16-12-17(27)23-19(22-16)25-6-4-3-5-7-25/h12-13H,3-11H2,1-2H3,(H,22,23,27). The third kappa shape index (κ3) is 3.95. The van der Waals surface area contributed by atoms with Crippen molar-refractivity contribution in [2.24, 2.45) is 0 Å². The van der Waals surface area contributed by atoms with Crippen LogP contribution in [0.4, 0.5) is 11.9 Å². The van der Waals surface area contributed by atoms with E-state index in [1.807, 2.05) is 6.92 Å². The van der Waals surface area contributed by atoms with Gasteiger partial charge in [0.05, 0.1) is 11.4 Å². The highest BCUT2D eigenvalue weighted by Crippen LogP contribution is 2.23. The van der Waals surface area contributed by atoms with Crippen LogP contribution in [0.5, 0.6) is 0 Å². The van der Waals surface area contributed by atoms with Gasteiger partial charge in [0, 0.05) is 57.1 Å². The molecule has 0 amide bonds. The second kappa shape index (κ2) is 7.64.